The van der Waals surface area contributed by atoms with E-state index in [2.05, 4.69) is 24.5 Å². The van der Waals surface area contributed by atoms with Crippen LogP contribution < -0.4 is 20.1 Å². The number of nitrogens with one attached hydrogen (secondary N) is 2. The molecule has 1 fully saturated rings. The highest BCUT2D eigenvalue weighted by Gasteiger charge is 2.25. The molecule has 0 aromatic heterocycles. The first-order chi connectivity index (χ1) is 11.0. The lowest BCUT2D eigenvalue weighted by Crippen LogP contribution is -2.34. The zero-order valence-electron chi connectivity index (χ0n) is 14.0. The molecular weight excluding hydrogens is 296 g/mol. The molecule has 2 rings (SSSR count). The fraction of sp³-hybridized carbons (Fsp3) is 0.588. The zero-order valence-corrected chi connectivity index (χ0v) is 14.0. The Labute approximate surface area is 137 Å². The van der Waals surface area contributed by atoms with Gasteiger partial charge in [0.2, 0.25) is 0 Å². The molecule has 23 heavy (non-hydrogen) atoms. The quantitative estimate of drug-likeness (QED) is 0.699. The molecule has 0 radical (unpaired) electrons. The van der Waals surface area contributed by atoms with E-state index in [9.17, 15) is 9.90 Å². The Morgan fingerprint density at radius 1 is 1.39 bits per heavy atom. The summed E-state index contributed by atoms with van der Waals surface area (Å²) in [5, 5.41) is 15.7. The van der Waals surface area contributed by atoms with Crippen molar-refractivity contribution in [1.29, 1.82) is 0 Å². The van der Waals surface area contributed by atoms with E-state index in [0.717, 1.165) is 0 Å². The van der Waals surface area contributed by atoms with Gasteiger partial charge in [-0.3, -0.25) is 4.79 Å². The molecule has 0 spiro atoms. The number of hydrogen-bond acceptors (Lipinski definition) is 5. The first-order valence-electron chi connectivity index (χ1n) is 7.99. The van der Waals surface area contributed by atoms with E-state index in [0.29, 0.717) is 49.2 Å². The van der Waals surface area contributed by atoms with Gasteiger partial charge in [0.05, 0.1) is 19.8 Å². The van der Waals surface area contributed by atoms with E-state index in [-0.39, 0.29) is 11.8 Å². The normalized spacial score (nSPS) is 20.6. The van der Waals surface area contributed by atoms with Crippen molar-refractivity contribution in [2.45, 2.75) is 20.0 Å². The molecule has 1 aliphatic heterocycles. The largest absolute Gasteiger partial charge is 0.493 e. The minimum Gasteiger partial charge on any atom is -0.493 e. The van der Waals surface area contributed by atoms with Crippen molar-refractivity contribution in [2.75, 3.05) is 33.4 Å². The van der Waals surface area contributed by atoms with Gasteiger partial charge in [-0.1, -0.05) is 13.8 Å². The van der Waals surface area contributed by atoms with Crippen molar-refractivity contribution in [3.05, 3.63) is 23.8 Å². The lowest BCUT2D eigenvalue weighted by Gasteiger charge is -2.15. The summed E-state index contributed by atoms with van der Waals surface area (Å²) in [6, 6.07) is 5.15. The number of aliphatic hydroxyl groups excluding tert-OH is 1. The minimum absolute atomic E-state index is 0.0505. The Bertz CT molecular complexity index is 533. The van der Waals surface area contributed by atoms with Crippen LogP contribution in [0.3, 0.4) is 0 Å². The van der Waals surface area contributed by atoms with Crippen molar-refractivity contribution < 1.29 is 19.4 Å². The number of aliphatic hydroxyl groups is 1. The van der Waals surface area contributed by atoms with Crippen molar-refractivity contribution in [1.82, 2.24) is 10.6 Å². The Kier molecular flexibility index (Phi) is 6.24. The molecule has 1 aromatic carbocycles. The van der Waals surface area contributed by atoms with Crippen molar-refractivity contribution in [2.24, 2.45) is 11.8 Å². The maximum absolute atomic E-state index is 12.2. The third-order valence-corrected chi connectivity index (χ3v) is 3.83. The summed E-state index contributed by atoms with van der Waals surface area (Å²) in [6.07, 6.45) is -0.406. The number of amides is 1. The second kappa shape index (κ2) is 8.17. The smallest absolute Gasteiger partial charge is 0.251 e. The number of hydrogen-bond donors (Lipinski definition) is 3. The number of methoxy groups -OCH3 is 1. The monoisotopic (exact) mass is 322 g/mol. The first kappa shape index (κ1) is 17.6. The molecule has 128 valence electrons. The van der Waals surface area contributed by atoms with Crippen LogP contribution in [0.4, 0.5) is 0 Å². The van der Waals surface area contributed by atoms with Crippen molar-refractivity contribution in [3.63, 3.8) is 0 Å². The standard InChI is InChI=1S/C17H26N2O4/c1-11(2)10-23-15-5-4-12(6-16(15)22-3)17(21)19-8-13-7-18-9-14(13)20/h4-6,11,13-14,18,20H,7-10H2,1-3H3,(H,19,21). The highest BCUT2D eigenvalue weighted by Crippen LogP contribution is 2.28. The first-order valence-corrected chi connectivity index (χ1v) is 7.99. The molecule has 1 amide bonds. The molecule has 6 nitrogen and oxygen atoms in total. The summed E-state index contributed by atoms with van der Waals surface area (Å²) in [5.41, 5.74) is 0.513. The van der Waals surface area contributed by atoms with Crippen LogP contribution in [-0.2, 0) is 0 Å². The summed E-state index contributed by atoms with van der Waals surface area (Å²) in [5.74, 6) is 1.45. The van der Waals surface area contributed by atoms with Gasteiger partial charge in [-0.2, -0.15) is 0 Å². The van der Waals surface area contributed by atoms with E-state index in [1.54, 1.807) is 25.3 Å². The maximum Gasteiger partial charge on any atom is 0.251 e. The molecule has 0 bridgehead atoms. The number of ether oxygens (including phenoxy) is 2. The van der Waals surface area contributed by atoms with Crippen molar-refractivity contribution in [3.8, 4) is 11.5 Å². The van der Waals surface area contributed by atoms with Gasteiger partial charge in [0, 0.05) is 31.1 Å². The molecule has 1 heterocycles. The third-order valence-electron chi connectivity index (χ3n) is 3.83. The number of carbonyl (C=O) groups is 1. The van der Waals surface area contributed by atoms with Crippen LogP contribution in [-0.4, -0.2) is 50.5 Å². The van der Waals surface area contributed by atoms with Crippen LogP contribution in [0.2, 0.25) is 0 Å². The van der Waals surface area contributed by atoms with E-state index >= 15 is 0 Å². The Morgan fingerprint density at radius 3 is 2.78 bits per heavy atom. The van der Waals surface area contributed by atoms with Crippen LogP contribution >= 0.6 is 0 Å². The third kappa shape index (κ3) is 4.84. The lowest BCUT2D eigenvalue weighted by molar-refractivity contribution is 0.0926. The van der Waals surface area contributed by atoms with Crippen molar-refractivity contribution >= 4 is 5.91 Å². The second-order valence-electron chi connectivity index (χ2n) is 6.27. The number of rotatable bonds is 7. The second-order valence-corrected chi connectivity index (χ2v) is 6.27. The van der Waals surface area contributed by atoms with Crippen LogP contribution in [0, 0.1) is 11.8 Å². The minimum atomic E-state index is -0.406. The molecule has 2 atom stereocenters. The van der Waals surface area contributed by atoms with Gasteiger partial charge in [0.25, 0.3) is 5.91 Å². The number of β-amino-alcohol motifs (C(OH)–C–C–N with tert-alkyl or cyclic N) is 1. The molecule has 1 aromatic rings. The Hall–Kier alpha value is -1.79. The van der Waals surface area contributed by atoms with Gasteiger partial charge in [-0.15, -0.1) is 0 Å². The summed E-state index contributed by atoms with van der Waals surface area (Å²) in [6.45, 7) is 6.47. The predicted molar refractivity (Wildman–Crippen MR) is 88.0 cm³/mol. The van der Waals surface area contributed by atoms with Crippen LogP contribution in [0.1, 0.15) is 24.2 Å². The van der Waals surface area contributed by atoms with E-state index < -0.39 is 6.10 Å². The molecule has 0 saturated carbocycles. The van der Waals surface area contributed by atoms with E-state index in [4.69, 9.17) is 9.47 Å². The van der Waals surface area contributed by atoms with Gasteiger partial charge in [0.15, 0.2) is 11.5 Å². The van der Waals surface area contributed by atoms with E-state index in [1.807, 2.05) is 0 Å². The Balaban J connectivity index is 1.97. The lowest BCUT2D eigenvalue weighted by atomic mass is 10.1. The fourth-order valence-electron chi connectivity index (χ4n) is 2.44. The zero-order chi connectivity index (χ0) is 16.8. The molecular formula is C17H26N2O4. The van der Waals surface area contributed by atoms with Gasteiger partial charge >= 0.3 is 0 Å². The molecule has 1 aliphatic rings. The molecule has 6 heteroatoms. The van der Waals surface area contributed by atoms with E-state index in [1.165, 1.54) is 0 Å². The van der Waals surface area contributed by atoms with Crippen LogP contribution in [0.15, 0.2) is 18.2 Å². The van der Waals surface area contributed by atoms with Gasteiger partial charge < -0.3 is 25.2 Å². The highest BCUT2D eigenvalue weighted by atomic mass is 16.5. The molecule has 0 aliphatic carbocycles. The Morgan fingerprint density at radius 2 is 2.17 bits per heavy atom. The molecule has 1 saturated heterocycles. The average molecular weight is 322 g/mol. The number of benzene rings is 1. The van der Waals surface area contributed by atoms with Crippen LogP contribution in [0.25, 0.3) is 0 Å². The predicted octanol–water partition coefficient (Wildman–Crippen LogP) is 1.04. The van der Waals surface area contributed by atoms with Gasteiger partial charge in [0.1, 0.15) is 0 Å². The van der Waals surface area contributed by atoms with Crippen LogP contribution in [0.5, 0.6) is 11.5 Å². The summed E-state index contributed by atoms with van der Waals surface area (Å²) >= 11 is 0. The maximum atomic E-state index is 12.2. The summed E-state index contributed by atoms with van der Waals surface area (Å²) < 4.78 is 11.0. The molecule has 3 N–H and O–H groups in total. The average Bonchev–Trinajstić information content (AvgIpc) is 2.95. The SMILES string of the molecule is COc1cc(C(=O)NCC2CNCC2O)ccc1OCC(C)C. The van der Waals surface area contributed by atoms with Gasteiger partial charge in [-0.05, 0) is 24.1 Å². The summed E-state index contributed by atoms with van der Waals surface area (Å²) in [7, 11) is 1.56. The number of carbonyl (C=O) groups excluding carboxylic acids is 1. The molecule has 2 unspecified atom stereocenters. The topological polar surface area (TPSA) is 79.8 Å². The highest BCUT2D eigenvalue weighted by molar-refractivity contribution is 5.94. The van der Waals surface area contributed by atoms with Gasteiger partial charge in [-0.25, -0.2) is 0 Å². The fourth-order valence-corrected chi connectivity index (χ4v) is 2.44. The summed E-state index contributed by atoms with van der Waals surface area (Å²) in [4.78, 5) is 12.2.